The van der Waals surface area contributed by atoms with Gasteiger partial charge in [-0.25, -0.2) is 18.1 Å². The van der Waals surface area contributed by atoms with Gasteiger partial charge < -0.3 is 10.1 Å². The number of methoxy groups -OCH3 is 1. The Hall–Kier alpha value is -3.46. The zero-order chi connectivity index (χ0) is 22.0. The molecule has 1 N–H and O–H groups in total. The molecule has 1 atom stereocenters. The zero-order valence-electron chi connectivity index (χ0n) is 17.5. The normalized spacial score (nSPS) is 12.6. The second-order valence-corrected chi connectivity index (χ2v) is 9.20. The van der Waals surface area contributed by atoms with Crippen LogP contribution in [-0.2, 0) is 16.4 Å². The van der Waals surface area contributed by atoms with Crippen LogP contribution in [0.2, 0.25) is 0 Å². The molecule has 2 heterocycles. The van der Waals surface area contributed by atoms with E-state index in [-0.39, 0.29) is 11.2 Å². The van der Waals surface area contributed by atoms with Crippen LogP contribution >= 0.6 is 0 Å². The first kappa shape index (κ1) is 20.8. The summed E-state index contributed by atoms with van der Waals surface area (Å²) >= 11 is 0. The fourth-order valence-corrected chi connectivity index (χ4v) is 3.77. The van der Waals surface area contributed by atoms with Gasteiger partial charge >= 0.3 is 0 Å². The lowest BCUT2D eigenvalue weighted by Crippen LogP contribution is -2.13. The van der Waals surface area contributed by atoms with Crippen molar-refractivity contribution in [3.63, 3.8) is 0 Å². The molecule has 0 saturated carbocycles. The van der Waals surface area contributed by atoms with Gasteiger partial charge in [0.15, 0.2) is 5.65 Å². The van der Waals surface area contributed by atoms with Crippen LogP contribution in [0.1, 0.15) is 24.1 Å². The van der Waals surface area contributed by atoms with Crippen molar-refractivity contribution in [2.45, 2.75) is 24.7 Å². The molecule has 0 spiro atoms. The number of aromatic nitrogens is 4. The van der Waals surface area contributed by atoms with Gasteiger partial charge in [0.25, 0.3) is 5.16 Å². The molecule has 0 bridgehead atoms. The number of sulfone groups is 1. The van der Waals surface area contributed by atoms with Crippen molar-refractivity contribution >= 4 is 26.7 Å². The molecule has 0 fully saturated rings. The van der Waals surface area contributed by atoms with E-state index in [0.29, 0.717) is 23.4 Å². The molecular formula is C22H23N5O3S. The van der Waals surface area contributed by atoms with Crippen molar-refractivity contribution in [3.05, 3.63) is 71.9 Å². The third kappa shape index (κ3) is 4.51. The van der Waals surface area contributed by atoms with E-state index in [4.69, 9.17) is 4.74 Å². The van der Waals surface area contributed by atoms with Crippen LogP contribution in [-0.4, -0.2) is 41.5 Å². The first-order valence-electron chi connectivity index (χ1n) is 9.73. The van der Waals surface area contributed by atoms with Gasteiger partial charge in [0.1, 0.15) is 11.6 Å². The fourth-order valence-electron chi connectivity index (χ4n) is 3.26. The summed E-state index contributed by atoms with van der Waals surface area (Å²) in [6, 6.07) is 17.3. The van der Waals surface area contributed by atoms with Gasteiger partial charge in [-0.1, -0.05) is 42.5 Å². The largest absolute Gasteiger partial charge is 0.497 e. The van der Waals surface area contributed by atoms with Gasteiger partial charge in [0.2, 0.25) is 9.84 Å². The van der Waals surface area contributed by atoms with E-state index >= 15 is 0 Å². The van der Waals surface area contributed by atoms with E-state index in [1.54, 1.807) is 18.0 Å². The molecule has 0 aliphatic rings. The third-order valence-corrected chi connectivity index (χ3v) is 5.80. The number of nitrogens with zero attached hydrogens (tertiary/aromatic N) is 4. The maximum atomic E-state index is 12.3. The first-order valence-corrected chi connectivity index (χ1v) is 11.6. The molecule has 0 unspecified atom stereocenters. The van der Waals surface area contributed by atoms with Crippen LogP contribution in [0.5, 0.6) is 5.75 Å². The second kappa shape index (κ2) is 8.35. The SMILES string of the molecule is COc1ccc([C@H](C)Nc2nc(S(C)(=O)=O)nc3c2cnn3Cc2ccccc2)cc1. The van der Waals surface area contributed by atoms with Crippen LogP contribution in [0.15, 0.2) is 66.0 Å². The molecule has 2 aromatic heterocycles. The van der Waals surface area contributed by atoms with Crippen molar-refractivity contribution in [2.24, 2.45) is 0 Å². The van der Waals surface area contributed by atoms with Crippen LogP contribution in [0.25, 0.3) is 11.0 Å². The van der Waals surface area contributed by atoms with E-state index < -0.39 is 9.84 Å². The summed E-state index contributed by atoms with van der Waals surface area (Å²) in [7, 11) is -1.99. The maximum absolute atomic E-state index is 12.3. The van der Waals surface area contributed by atoms with E-state index in [1.807, 2.05) is 61.5 Å². The van der Waals surface area contributed by atoms with Crippen molar-refractivity contribution in [2.75, 3.05) is 18.7 Å². The molecule has 0 aliphatic heterocycles. The van der Waals surface area contributed by atoms with Crippen molar-refractivity contribution in [3.8, 4) is 5.75 Å². The molecule has 0 saturated heterocycles. The van der Waals surface area contributed by atoms with Gasteiger partial charge in [-0.15, -0.1) is 0 Å². The highest BCUT2D eigenvalue weighted by Gasteiger charge is 2.20. The van der Waals surface area contributed by atoms with E-state index in [0.717, 1.165) is 23.1 Å². The number of fused-ring (bicyclic) bond motifs is 1. The molecule has 31 heavy (non-hydrogen) atoms. The Balaban J connectivity index is 1.74. The molecule has 0 radical (unpaired) electrons. The molecule has 9 heteroatoms. The first-order chi connectivity index (χ1) is 14.8. The summed E-state index contributed by atoms with van der Waals surface area (Å²) in [4.78, 5) is 8.61. The average molecular weight is 438 g/mol. The summed E-state index contributed by atoms with van der Waals surface area (Å²) in [5.74, 6) is 1.19. The number of rotatable bonds is 7. The Kier molecular flexibility index (Phi) is 5.60. The minimum atomic E-state index is -3.61. The monoisotopic (exact) mass is 437 g/mol. The summed E-state index contributed by atoms with van der Waals surface area (Å²) < 4.78 is 31.4. The zero-order valence-corrected chi connectivity index (χ0v) is 18.3. The average Bonchev–Trinajstić information content (AvgIpc) is 3.17. The Morgan fingerprint density at radius 2 is 1.77 bits per heavy atom. The molecule has 0 aliphatic carbocycles. The highest BCUT2D eigenvalue weighted by Crippen LogP contribution is 2.27. The lowest BCUT2D eigenvalue weighted by atomic mass is 10.1. The van der Waals surface area contributed by atoms with Gasteiger partial charge in [-0.3, -0.25) is 0 Å². The van der Waals surface area contributed by atoms with Gasteiger partial charge in [-0.2, -0.15) is 10.1 Å². The van der Waals surface area contributed by atoms with Crippen LogP contribution < -0.4 is 10.1 Å². The summed E-state index contributed by atoms with van der Waals surface area (Å²) in [5.41, 5.74) is 2.50. The summed E-state index contributed by atoms with van der Waals surface area (Å²) in [6.45, 7) is 2.45. The highest BCUT2D eigenvalue weighted by atomic mass is 32.2. The number of benzene rings is 2. The Bertz CT molecular complexity index is 1300. The van der Waals surface area contributed by atoms with Crippen molar-refractivity contribution in [1.29, 1.82) is 0 Å². The van der Waals surface area contributed by atoms with E-state index in [1.165, 1.54) is 0 Å². The third-order valence-electron chi connectivity index (χ3n) is 4.95. The topological polar surface area (TPSA) is 99.0 Å². The van der Waals surface area contributed by atoms with Crippen LogP contribution in [0.4, 0.5) is 5.82 Å². The number of nitrogens with one attached hydrogen (secondary N) is 1. The molecule has 4 rings (SSSR count). The molecule has 4 aromatic rings. The predicted octanol–water partition coefficient (Wildman–Crippen LogP) is 3.46. The van der Waals surface area contributed by atoms with E-state index in [2.05, 4.69) is 20.4 Å². The number of hydrogen-bond donors (Lipinski definition) is 1. The maximum Gasteiger partial charge on any atom is 0.250 e. The minimum absolute atomic E-state index is 0.131. The predicted molar refractivity (Wildman–Crippen MR) is 119 cm³/mol. The molecule has 2 aromatic carbocycles. The lowest BCUT2D eigenvalue weighted by Gasteiger charge is -2.16. The number of hydrogen-bond acceptors (Lipinski definition) is 7. The molecule has 160 valence electrons. The van der Waals surface area contributed by atoms with Gasteiger partial charge in [0.05, 0.1) is 25.2 Å². The van der Waals surface area contributed by atoms with Crippen molar-refractivity contribution < 1.29 is 13.2 Å². The highest BCUT2D eigenvalue weighted by molar-refractivity contribution is 7.90. The minimum Gasteiger partial charge on any atom is -0.497 e. The van der Waals surface area contributed by atoms with Gasteiger partial charge in [-0.05, 0) is 30.2 Å². The quantitative estimate of drug-likeness (QED) is 0.442. The molecular weight excluding hydrogens is 414 g/mol. The number of anilines is 1. The lowest BCUT2D eigenvalue weighted by molar-refractivity contribution is 0.414. The fraction of sp³-hybridized carbons (Fsp3) is 0.227. The Morgan fingerprint density at radius 1 is 1.06 bits per heavy atom. The standard InChI is InChI=1S/C22H23N5O3S/c1-15(17-9-11-18(30-2)12-10-17)24-20-19-13-23-27(14-16-7-5-4-6-8-16)21(19)26-22(25-20)31(3,28)29/h4-13,15H,14H2,1-3H3,(H,24,25,26)/t15-/m0/s1. The number of ether oxygens (including phenoxy) is 1. The van der Waals surface area contributed by atoms with Crippen LogP contribution in [0, 0.1) is 0 Å². The smallest absolute Gasteiger partial charge is 0.250 e. The molecule has 0 amide bonds. The summed E-state index contributed by atoms with van der Waals surface area (Å²) in [6.07, 6.45) is 2.76. The Morgan fingerprint density at radius 3 is 2.42 bits per heavy atom. The van der Waals surface area contributed by atoms with E-state index in [9.17, 15) is 8.42 Å². The van der Waals surface area contributed by atoms with Gasteiger partial charge in [0, 0.05) is 12.3 Å². The Labute approximate surface area is 180 Å². The van der Waals surface area contributed by atoms with Crippen molar-refractivity contribution in [1.82, 2.24) is 19.7 Å². The summed E-state index contributed by atoms with van der Waals surface area (Å²) in [5, 5.41) is 8.18. The van der Waals surface area contributed by atoms with Crippen LogP contribution in [0.3, 0.4) is 0 Å². The molecule has 8 nitrogen and oxygen atoms in total. The second-order valence-electron chi connectivity index (χ2n) is 7.29.